The zero-order valence-electron chi connectivity index (χ0n) is 13.6. The number of benzene rings is 1. The van der Waals surface area contributed by atoms with Gasteiger partial charge in [-0.05, 0) is 30.9 Å². The molecule has 0 bridgehead atoms. The number of nitrogens with zero attached hydrogens (tertiary/aromatic N) is 2. The number of hydrogen-bond acceptors (Lipinski definition) is 4. The Morgan fingerprint density at radius 2 is 1.95 bits per heavy atom. The molecule has 0 spiro atoms. The minimum absolute atomic E-state index is 0.576. The summed E-state index contributed by atoms with van der Waals surface area (Å²) in [5.74, 6) is 1.41. The number of nitrogens with two attached hydrogens (primary N) is 1. The second-order valence-corrected chi connectivity index (χ2v) is 6.13. The van der Waals surface area contributed by atoms with Crippen molar-refractivity contribution in [2.24, 2.45) is 5.92 Å². The van der Waals surface area contributed by atoms with E-state index in [1.165, 1.54) is 0 Å². The van der Waals surface area contributed by atoms with Crippen molar-refractivity contribution in [3.8, 4) is 0 Å². The molecule has 1 aromatic carbocycles. The molecule has 0 aliphatic rings. The fraction of sp³-hybridized carbons (Fsp3) is 0.588. The lowest BCUT2D eigenvalue weighted by Crippen LogP contribution is -2.36. The Hall–Kier alpha value is -1.55. The van der Waals surface area contributed by atoms with Gasteiger partial charge in [0.2, 0.25) is 5.89 Å². The average Bonchev–Trinajstić information content (AvgIpc) is 2.80. The summed E-state index contributed by atoms with van der Waals surface area (Å²) in [6.45, 7) is 10.8. The molecule has 0 unspecified atom stereocenters. The number of oxazole rings is 1. The molecule has 0 saturated heterocycles. The maximum Gasteiger partial charge on any atom is 0.209 e. The smallest absolute Gasteiger partial charge is 0.209 e. The number of hydrogen-bond donors (Lipinski definition) is 1. The summed E-state index contributed by atoms with van der Waals surface area (Å²) < 4.78 is 5.87. The quantitative estimate of drug-likeness (QED) is 0.781. The molecule has 4 nitrogen and oxygen atoms in total. The molecule has 0 amide bonds. The zero-order chi connectivity index (χ0) is 15.4. The Kier molecular flexibility index (Phi) is 5.23. The van der Waals surface area contributed by atoms with E-state index in [1.807, 2.05) is 18.2 Å². The zero-order valence-corrected chi connectivity index (χ0v) is 13.6. The van der Waals surface area contributed by atoms with Crippen LogP contribution >= 0.6 is 0 Å². The van der Waals surface area contributed by atoms with Crippen molar-refractivity contribution in [2.75, 3.05) is 12.3 Å². The standard InChI is InChI=1S/C17H27N3O/c1-5-14(6-2)20(10-12(3)4)11-17-19-15-8-7-13(18)9-16(15)21-17/h7-9,12,14H,5-6,10-11,18H2,1-4H3. The van der Waals surface area contributed by atoms with Gasteiger partial charge in [-0.15, -0.1) is 0 Å². The molecule has 0 aliphatic carbocycles. The van der Waals surface area contributed by atoms with Gasteiger partial charge in [-0.2, -0.15) is 0 Å². The highest BCUT2D eigenvalue weighted by Crippen LogP contribution is 2.21. The van der Waals surface area contributed by atoms with Gasteiger partial charge in [0.05, 0.1) is 6.54 Å². The van der Waals surface area contributed by atoms with Gasteiger partial charge in [0.25, 0.3) is 0 Å². The summed E-state index contributed by atoms with van der Waals surface area (Å²) in [6, 6.07) is 6.20. The van der Waals surface area contributed by atoms with Crippen molar-refractivity contribution in [3.63, 3.8) is 0 Å². The average molecular weight is 289 g/mol. The summed E-state index contributed by atoms with van der Waals surface area (Å²) in [6.07, 6.45) is 2.30. The Bertz CT molecular complexity index is 572. The third-order valence-electron chi connectivity index (χ3n) is 3.85. The highest BCUT2D eigenvalue weighted by atomic mass is 16.3. The molecule has 2 rings (SSSR count). The van der Waals surface area contributed by atoms with Crippen LogP contribution in [-0.4, -0.2) is 22.5 Å². The van der Waals surface area contributed by atoms with Crippen molar-refractivity contribution >= 4 is 16.8 Å². The van der Waals surface area contributed by atoms with E-state index in [4.69, 9.17) is 10.2 Å². The number of anilines is 1. The fourth-order valence-corrected chi connectivity index (χ4v) is 2.85. The maximum atomic E-state index is 5.87. The molecule has 0 aliphatic heterocycles. The molecule has 4 heteroatoms. The van der Waals surface area contributed by atoms with Gasteiger partial charge in [0.15, 0.2) is 5.58 Å². The van der Waals surface area contributed by atoms with Crippen molar-refractivity contribution in [1.82, 2.24) is 9.88 Å². The minimum Gasteiger partial charge on any atom is -0.439 e. The van der Waals surface area contributed by atoms with Crippen LogP contribution in [-0.2, 0) is 6.54 Å². The lowest BCUT2D eigenvalue weighted by Gasteiger charge is -2.30. The molecule has 2 aromatic rings. The van der Waals surface area contributed by atoms with Crippen molar-refractivity contribution in [1.29, 1.82) is 0 Å². The van der Waals surface area contributed by atoms with E-state index in [2.05, 4.69) is 37.6 Å². The molecule has 0 saturated carbocycles. The first-order chi connectivity index (χ1) is 10.0. The Balaban J connectivity index is 2.20. The first kappa shape index (κ1) is 15.8. The highest BCUT2D eigenvalue weighted by Gasteiger charge is 2.19. The summed E-state index contributed by atoms with van der Waals surface area (Å²) in [7, 11) is 0. The SMILES string of the molecule is CCC(CC)N(Cc1nc2ccc(N)cc2o1)CC(C)C. The van der Waals surface area contributed by atoms with E-state index in [0.29, 0.717) is 17.6 Å². The van der Waals surface area contributed by atoms with Gasteiger partial charge >= 0.3 is 0 Å². The summed E-state index contributed by atoms with van der Waals surface area (Å²) in [4.78, 5) is 7.07. The molecule has 0 atom stereocenters. The van der Waals surface area contributed by atoms with Crippen LogP contribution in [0.3, 0.4) is 0 Å². The first-order valence-corrected chi connectivity index (χ1v) is 7.92. The number of nitrogen functional groups attached to an aromatic ring is 1. The van der Waals surface area contributed by atoms with Crippen LogP contribution in [0.15, 0.2) is 22.6 Å². The Labute approximate surface area is 127 Å². The third-order valence-corrected chi connectivity index (χ3v) is 3.85. The molecule has 0 fully saturated rings. The maximum absolute atomic E-state index is 5.87. The van der Waals surface area contributed by atoms with E-state index >= 15 is 0 Å². The lowest BCUT2D eigenvalue weighted by atomic mass is 10.1. The van der Waals surface area contributed by atoms with E-state index in [0.717, 1.165) is 42.9 Å². The molecular weight excluding hydrogens is 262 g/mol. The fourth-order valence-electron chi connectivity index (χ4n) is 2.85. The van der Waals surface area contributed by atoms with Crippen molar-refractivity contribution < 1.29 is 4.42 Å². The molecule has 1 aromatic heterocycles. The molecule has 2 N–H and O–H groups in total. The second kappa shape index (κ2) is 6.94. The van der Waals surface area contributed by atoms with Crippen molar-refractivity contribution in [2.45, 2.75) is 53.1 Å². The van der Waals surface area contributed by atoms with Crippen LogP contribution in [0.5, 0.6) is 0 Å². The van der Waals surface area contributed by atoms with Gasteiger partial charge in [-0.1, -0.05) is 27.7 Å². The topological polar surface area (TPSA) is 55.3 Å². The van der Waals surface area contributed by atoms with Crippen LogP contribution in [0.1, 0.15) is 46.4 Å². The molecule has 0 radical (unpaired) electrons. The van der Waals surface area contributed by atoms with Gasteiger partial charge in [-0.3, -0.25) is 4.90 Å². The van der Waals surface area contributed by atoms with Gasteiger partial charge in [-0.25, -0.2) is 4.98 Å². The largest absolute Gasteiger partial charge is 0.439 e. The first-order valence-electron chi connectivity index (χ1n) is 7.92. The van der Waals surface area contributed by atoms with Crippen LogP contribution in [0.2, 0.25) is 0 Å². The van der Waals surface area contributed by atoms with E-state index < -0.39 is 0 Å². The summed E-state index contributed by atoms with van der Waals surface area (Å²) in [5.41, 5.74) is 8.17. The van der Waals surface area contributed by atoms with E-state index in [1.54, 1.807) is 0 Å². The van der Waals surface area contributed by atoms with Crippen LogP contribution in [0, 0.1) is 5.92 Å². The highest BCUT2D eigenvalue weighted by molar-refractivity contribution is 5.76. The lowest BCUT2D eigenvalue weighted by molar-refractivity contribution is 0.144. The van der Waals surface area contributed by atoms with Gasteiger partial charge in [0.1, 0.15) is 5.52 Å². The molecule has 1 heterocycles. The van der Waals surface area contributed by atoms with E-state index in [-0.39, 0.29) is 0 Å². The predicted octanol–water partition coefficient (Wildman–Crippen LogP) is 4.06. The Morgan fingerprint density at radius 1 is 1.24 bits per heavy atom. The monoisotopic (exact) mass is 289 g/mol. The Morgan fingerprint density at radius 3 is 2.57 bits per heavy atom. The van der Waals surface area contributed by atoms with Gasteiger partial charge < -0.3 is 10.2 Å². The predicted molar refractivity (Wildman–Crippen MR) is 88.0 cm³/mol. The van der Waals surface area contributed by atoms with E-state index in [9.17, 15) is 0 Å². The number of rotatable bonds is 7. The second-order valence-electron chi connectivity index (χ2n) is 6.13. The molecule has 116 valence electrons. The molecular formula is C17H27N3O. The minimum atomic E-state index is 0.576. The molecule has 21 heavy (non-hydrogen) atoms. The van der Waals surface area contributed by atoms with Gasteiger partial charge in [0, 0.05) is 24.3 Å². The number of fused-ring (bicyclic) bond motifs is 1. The summed E-state index contributed by atoms with van der Waals surface area (Å²) >= 11 is 0. The van der Waals surface area contributed by atoms with Crippen LogP contribution in [0.25, 0.3) is 11.1 Å². The number of aromatic nitrogens is 1. The normalized spacial score (nSPS) is 12.1. The van der Waals surface area contributed by atoms with Crippen LogP contribution in [0.4, 0.5) is 5.69 Å². The van der Waals surface area contributed by atoms with Crippen molar-refractivity contribution in [3.05, 3.63) is 24.1 Å². The summed E-state index contributed by atoms with van der Waals surface area (Å²) in [5, 5.41) is 0. The third kappa shape index (κ3) is 3.97. The van der Waals surface area contributed by atoms with Crippen LogP contribution < -0.4 is 5.73 Å².